The molecule has 0 bridgehead atoms. The monoisotopic (exact) mass is 408 g/mol. The van der Waals surface area contributed by atoms with Gasteiger partial charge in [0.1, 0.15) is 11.9 Å². The predicted molar refractivity (Wildman–Crippen MR) is 112 cm³/mol. The summed E-state index contributed by atoms with van der Waals surface area (Å²) in [6.45, 7) is 3.53. The zero-order valence-electron chi connectivity index (χ0n) is 17.0. The van der Waals surface area contributed by atoms with Gasteiger partial charge in [-0.1, -0.05) is 6.07 Å². The van der Waals surface area contributed by atoms with Gasteiger partial charge in [0.05, 0.1) is 24.4 Å². The fraction of sp³-hybridized carbons (Fsp3) is 0.409. The number of amides is 2. The first-order valence-corrected chi connectivity index (χ1v) is 10.1. The number of nitrogens with zero attached hydrogens (tertiary/aromatic N) is 3. The number of hydrogen-bond donors (Lipinski definition) is 1. The number of pyridine rings is 1. The summed E-state index contributed by atoms with van der Waals surface area (Å²) in [6.07, 6.45) is 2.19. The van der Waals surface area contributed by atoms with Gasteiger partial charge in [0.2, 0.25) is 5.91 Å². The second-order valence-corrected chi connectivity index (χ2v) is 8.01. The van der Waals surface area contributed by atoms with E-state index in [1.165, 1.54) is 6.92 Å². The van der Waals surface area contributed by atoms with Crippen molar-refractivity contribution in [2.75, 3.05) is 36.5 Å². The van der Waals surface area contributed by atoms with Crippen LogP contribution in [0, 0.1) is 0 Å². The Kier molecular flexibility index (Phi) is 4.58. The van der Waals surface area contributed by atoms with Gasteiger partial charge in [0.15, 0.2) is 0 Å². The van der Waals surface area contributed by atoms with E-state index in [0.717, 1.165) is 41.3 Å². The maximum atomic E-state index is 12.4. The number of aromatic nitrogens is 1. The van der Waals surface area contributed by atoms with Crippen molar-refractivity contribution in [1.29, 1.82) is 0 Å². The third-order valence-electron chi connectivity index (χ3n) is 6.12. The van der Waals surface area contributed by atoms with Crippen molar-refractivity contribution < 1.29 is 19.1 Å². The molecule has 0 aliphatic carbocycles. The van der Waals surface area contributed by atoms with E-state index in [4.69, 9.17) is 9.47 Å². The number of anilines is 2. The van der Waals surface area contributed by atoms with Crippen LogP contribution >= 0.6 is 0 Å². The zero-order valence-corrected chi connectivity index (χ0v) is 17.0. The average Bonchev–Trinajstić information content (AvgIpc) is 3.23. The number of hydrogen-bond acceptors (Lipinski definition) is 6. The molecule has 1 N–H and O–H groups in total. The third-order valence-corrected chi connectivity index (χ3v) is 6.12. The molecule has 2 fully saturated rings. The minimum atomic E-state index is -0.350. The molecule has 2 aromatic rings. The maximum Gasteiger partial charge on any atom is 0.415 e. The fourth-order valence-corrected chi connectivity index (χ4v) is 4.40. The normalized spacial score (nSPS) is 22.4. The standard InChI is InChI=1S/C22H24N4O4/c1-13(27)23-10-20-19-8-16-7-14(3-5-18(16)26(19)22(28)30-20)15-4-6-21(24-9-15)25-11-17(12-25)29-2/h3-7,9,17,19-20H,8,10-12H2,1-2H3,(H,23,27)/t19-,20-/m0/s1. The SMILES string of the molecule is COC1CN(c2ccc(-c3ccc4c(c3)C[C@H]3[C@H](CNC(C)=O)OC(=O)N43)cn2)C1. The Bertz CT molecular complexity index is 987. The Balaban J connectivity index is 1.33. The Morgan fingerprint density at radius 3 is 2.77 bits per heavy atom. The minimum absolute atomic E-state index is 0.0877. The third kappa shape index (κ3) is 3.17. The Morgan fingerprint density at radius 1 is 1.27 bits per heavy atom. The number of nitrogens with one attached hydrogen (secondary N) is 1. The van der Waals surface area contributed by atoms with Crippen LogP contribution in [0.3, 0.4) is 0 Å². The molecule has 2 atom stereocenters. The Morgan fingerprint density at radius 2 is 2.07 bits per heavy atom. The van der Waals surface area contributed by atoms with Gasteiger partial charge in [-0.3, -0.25) is 9.69 Å². The number of rotatable bonds is 5. The molecule has 0 radical (unpaired) electrons. The van der Waals surface area contributed by atoms with Crippen LogP contribution in [0.25, 0.3) is 11.1 Å². The van der Waals surface area contributed by atoms with Crippen molar-refractivity contribution in [2.45, 2.75) is 31.6 Å². The van der Waals surface area contributed by atoms with E-state index in [2.05, 4.69) is 27.3 Å². The minimum Gasteiger partial charge on any atom is -0.442 e. The van der Waals surface area contributed by atoms with E-state index < -0.39 is 0 Å². The second kappa shape index (κ2) is 7.28. The summed E-state index contributed by atoms with van der Waals surface area (Å²) in [5, 5.41) is 2.75. The smallest absolute Gasteiger partial charge is 0.415 e. The number of benzene rings is 1. The van der Waals surface area contributed by atoms with Gasteiger partial charge in [-0.2, -0.15) is 0 Å². The highest BCUT2D eigenvalue weighted by Crippen LogP contribution is 2.40. The summed E-state index contributed by atoms with van der Waals surface area (Å²) in [7, 11) is 1.73. The number of carbonyl (C=O) groups is 2. The molecule has 2 saturated heterocycles. The van der Waals surface area contributed by atoms with E-state index in [1.807, 2.05) is 24.4 Å². The Labute approximate surface area is 174 Å². The highest BCUT2D eigenvalue weighted by Gasteiger charge is 2.47. The first kappa shape index (κ1) is 18.9. The molecule has 3 aliphatic heterocycles. The number of fused-ring (bicyclic) bond motifs is 3. The molecule has 8 heteroatoms. The fourth-order valence-electron chi connectivity index (χ4n) is 4.40. The van der Waals surface area contributed by atoms with Gasteiger partial charge in [0, 0.05) is 38.9 Å². The molecule has 3 aliphatic rings. The molecule has 0 spiro atoms. The molecule has 8 nitrogen and oxygen atoms in total. The lowest BCUT2D eigenvalue weighted by Gasteiger charge is -2.39. The van der Waals surface area contributed by atoms with E-state index in [1.54, 1.807) is 12.0 Å². The van der Waals surface area contributed by atoms with E-state index >= 15 is 0 Å². The maximum absolute atomic E-state index is 12.4. The molecule has 1 aromatic heterocycles. The zero-order chi connectivity index (χ0) is 20.8. The van der Waals surface area contributed by atoms with Gasteiger partial charge < -0.3 is 19.7 Å². The highest BCUT2D eigenvalue weighted by molar-refractivity contribution is 5.94. The number of methoxy groups -OCH3 is 1. The Hall–Kier alpha value is -3.13. The summed E-state index contributed by atoms with van der Waals surface area (Å²) in [5.74, 6) is 0.826. The summed E-state index contributed by atoms with van der Waals surface area (Å²) < 4.78 is 10.8. The first-order chi connectivity index (χ1) is 14.5. The summed E-state index contributed by atoms with van der Waals surface area (Å²) in [4.78, 5) is 32.1. The molecular formula is C22H24N4O4. The van der Waals surface area contributed by atoms with Crippen LogP contribution in [0.2, 0.25) is 0 Å². The van der Waals surface area contributed by atoms with Crippen molar-refractivity contribution in [3.63, 3.8) is 0 Å². The van der Waals surface area contributed by atoms with E-state index in [9.17, 15) is 9.59 Å². The van der Waals surface area contributed by atoms with Crippen molar-refractivity contribution in [3.8, 4) is 11.1 Å². The molecule has 4 heterocycles. The lowest BCUT2D eigenvalue weighted by Crippen LogP contribution is -2.52. The molecule has 5 rings (SSSR count). The van der Waals surface area contributed by atoms with Crippen LogP contribution in [0.15, 0.2) is 36.5 Å². The van der Waals surface area contributed by atoms with Crippen LogP contribution in [0.5, 0.6) is 0 Å². The van der Waals surface area contributed by atoms with Crippen LogP contribution < -0.4 is 15.1 Å². The summed E-state index contributed by atoms with van der Waals surface area (Å²) >= 11 is 0. The molecule has 156 valence electrons. The first-order valence-electron chi connectivity index (χ1n) is 10.1. The molecule has 0 unspecified atom stereocenters. The van der Waals surface area contributed by atoms with Crippen molar-refractivity contribution in [2.24, 2.45) is 0 Å². The average molecular weight is 408 g/mol. The van der Waals surface area contributed by atoms with Gasteiger partial charge in [-0.25, -0.2) is 9.78 Å². The van der Waals surface area contributed by atoms with Crippen LogP contribution in [-0.4, -0.2) is 62.0 Å². The van der Waals surface area contributed by atoms with E-state index in [-0.39, 0.29) is 24.1 Å². The van der Waals surface area contributed by atoms with Crippen molar-refractivity contribution >= 4 is 23.5 Å². The molecule has 0 saturated carbocycles. The molecule has 1 aromatic carbocycles. The van der Waals surface area contributed by atoms with Gasteiger partial charge in [-0.05, 0) is 41.8 Å². The number of carbonyl (C=O) groups excluding carboxylic acids is 2. The van der Waals surface area contributed by atoms with Crippen LogP contribution in [0.4, 0.5) is 16.3 Å². The quantitative estimate of drug-likeness (QED) is 0.814. The van der Waals surface area contributed by atoms with Gasteiger partial charge in [0.25, 0.3) is 0 Å². The van der Waals surface area contributed by atoms with Gasteiger partial charge in [-0.15, -0.1) is 0 Å². The van der Waals surface area contributed by atoms with Gasteiger partial charge >= 0.3 is 6.09 Å². The molecule has 30 heavy (non-hydrogen) atoms. The lowest BCUT2D eigenvalue weighted by atomic mass is 10.0. The van der Waals surface area contributed by atoms with Crippen LogP contribution in [-0.2, 0) is 20.7 Å². The van der Waals surface area contributed by atoms with Crippen LogP contribution in [0.1, 0.15) is 12.5 Å². The van der Waals surface area contributed by atoms with Crippen molar-refractivity contribution in [1.82, 2.24) is 10.3 Å². The summed E-state index contributed by atoms with van der Waals surface area (Å²) in [6, 6.07) is 10.1. The van der Waals surface area contributed by atoms with E-state index in [0.29, 0.717) is 19.1 Å². The van der Waals surface area contributed by atoms with Crippen molar-refractivity contribution in [3.05, 3.63) is 42.1 Å². The topological polar surface area (TPSA) is 84.0 Å². The largest absolute Gasteiger partial charge is 0.442 e. The molecular weight excluding hydrogens is 384 g/mol. The highest BCUT2D eigenvalue weighted by atomic mass is 16.6. The summed E-state index contributed by atoms with van der Waals surface area (Å²) in [5.41, 5.74) is 4.10. The number of ether oxygens (including phenoxy) is 2. The second-order valence-electron chi connectivity index (χ2n) is 8.01. The lowest BCUT2D eigenvalue weighted by molar-refractivity contribution is -0.119. The molecule has 2 amide bonds. The number of cyclic esters (lactones) is 1. The predicted octanol–water partition coefficient (Wildman–Crippen LogP) is 1.97.